The number of piperazine rings is 5. The molecule has 5 fully saturated rings. The fourth-order valence-electron chi connectivity index (χ4n) is 18.9. The van der Waals surface area contributed by atoms with Crippen LogP contribution >= 0.6 is 0 Å². The van der Waals surface area contributed by atoms with Gasteiger partial charge in [-0.3, -0.25) is 47.9 Å². The summed E-state index contributed by atoms with van der Waals surface area (Å²) >= 11 is 0. The SMILES string of the molecule is [2H]C1([2H])Oc2ccc([C@]3([2H])c4[nH]c5ccccc5c4C([2H])([2H])[C@]4([2H])C(=O)N(C)CC(=O)N34)cc2O1.[2H]c1c([2H])c([2H])c2c3c([nH]c2c1[2H])[C@@]([2H])(c1ccc2c(c1)OC([2H])([2H])O2)N1C(=O)CN(C)C(=O)[C@@]1([2H])C3([2H])[2H].[2H]c1c([2H])c([C@]2([2H])c3[nH]c4c([2H])c([2H])c([2H])c([2H])c4c3C([2H])([2H])[C@]3([2H])C(=O)N(C)CC(=O)N23)c([2H])c2c1OCO2.[2H]c1c([2H])c([C@]2([2H])c3[nH]c4ccccc4c3C([2H])([2H])[C@]3([2H])C(=O)N(C)CC(=O)N23)c([2H])c2c1OC([2H])([2H])O2.[2H]c1c([2H])c([C@]2([2H])c3[nH]c4ccccc4c3C([2H])([2H])[C@]3([2H])C(=O)N(C)CC(=O)N23)c([2H])c2c1OCO2. The molecule has 0 unspecified atom stereocenters. The Hall–Kier alpha value is -17.4. The summed E-state index contributed by atoms with van der Waals surface area (Å²) in [6.45, 7) is -11.3. The lowest BCUT2D eigenvalue weighted by molar-refractivity contribution is -0.157. The van der Waals surface area contributed by atoms with E-state index in [1.54, 1.807) is 66.7 Å². The van der Waals surface area contributed by atoms with Crippen molar-refractivity contribution in [2.45, 2.75) is 92.0 Å². The molecule has 0 aliphatic carbocycles. The van der Waals surface area contributed by atoms with Crippen molar-refractivity contribution in [3.05, 3.63) is 296 Å². The molecule has 10 aromatic carbocycles. The van der Waals surface area contributed by atoms with E-state index in [2.05, 4.69) is 24.9 Å². The highest BCUT2D eigenvalue weighted by atomic mass is 16.7. The van der Waals surface area contributed by atoms with Crippen molar-refractivity contribution in [1.29, 1.82) is 0 Å². The smallest absolute Gasteiger partial charge is 0.245 e. The lowest BCUT2D eigenvalue weighted by atomic mass is 9.86. The number of nitrogens with zero attached hydrogens (tertiary/aromatic N) is 10. The maximum Gasteiger partial charge on any atom is 0.245 e. The zero-order valence-electron chi connectivity index (χ0n) is 118. The zero-order valence-corrected chi connectivity index (χ0v) is 75.5. The van der Waals surface area contributed by atoms with E-state index >= 15 is 0 Å². The number of carbonyl (C=O) groups excluding carboxylic acids is 10. The molecular formula is C110H95N15O20. The maximum atomic E-state index is 13.6. The molecule has 15 aliphatic rings. The second-order valence-electron chi connectivity index (χ2n) is 34.3. The zero-order chi connectivity index (χ0) is 137. The summed E-state index contributed by atoms with van der Waals surface area (Å²) in [5, 5.41) is 0.103. The van der Waals surface area contributed by atoms with Gasteiger partial charge in [-0.15, -0.1) is 0 Å². The quantitative estimate of drug-likeness (QED) is 0.107. The third-order valence-corrected chi connectivity index (χ3v) is 25.6. The number of carbonyl (C=O) groups is 10. The molecule has 15 aliphatic heterocycles. The molecule has 5 N–H and O–H groups in total. The van der Waals surface area contributed by atoms with E-state index in [9.17, 15) is 61.7 Å². The highest BCUT2D eigenvalue weighted by Crippen LogP contribution is 2.53. The standard InChI is InChI=1S/5C22H19N3O4/c5*1-24-10-19(26)25-16(22(24)27)9-14-13-4-2-3-5-15(13)23-20(14)21(25)12-6-7-17-18(8-12)29-11-28-17/h5*2-8,16,21,23H,9-11H2,1H3/t5*16-,21-/m11111/s1/i2D,3D,4D,5D,6D,7D,8D,9D2,16D,21D;2D,3D,4D,5D,9D2,11D2,16D,21D;6D,7D,8D,9D2,11D2,16D,21D;6D,7D,8D,9D2,16D,21D;9D2,11D2,16D,21D. The van der Waals surface area contributed by atoms with Gasteiger partial charge in [0.15, 0.2) is 57.5 Å². The van der Waals surface area contributed by atoms with Gasteiger partial charge in [0.2, 0.25) is 92.9 Å². The van der Waals surface area contributed by atoms with E-state index in [0.29, 0.717) is 51.8 Å². The predicted octanol–water partition coefficient (Wildman–Crippen LogP) is 11.1. The van der Waals surface area contributed by atoms with Gasteiger partial charge in [0.25, 0.3) is 0 Å². The Balaban J connectivity index is 0.000000112. The number of aromatic nitrogens is 5. The summed E-state index contributed by atoms with van der Waals surface area (Å²) in [5.74, 6) is -12.4. The monoisotopic (exact) mass is 1990 g/mol. The van der Waals surface area contributed by atoms with E-state index in [1.165, 1.54) is 77.7 Å². The number of H-pyrrole nitrogens is 5. The van der Waals surface area contributed by atoms with Gasteiger partial charge in [-0.1, -0.05) is 121 Å². The largest absolute Gasteiger partial charge is 0.454 e. The Kier molecular flexibility index (Phi) is 12.5. The van der Waals surface area contributed by atoms with E-state index in [-0.39, 0.29) is 125 Å². The average molecular weight is 1990 g/mol. The molecule has 730 valence electrons. The molecule has 35 nitrogen and oxygen atoms in total. The number of hydrogen-bond acceptors (Lipinski definition) is 20. The van der Waals surface area contributed by atoms with Crippen molar-refractivity contribution in [2.24, 2.45) is 0 Å². The van der Waals surface area contributed by atoms with E-state index < -0.39 is 364 Å². The molecule has 145 heavy (non-hydrogen) atoms. The second-order valence-corrected chi connectivity index (χ2v) is 34.3. The highest BCUT2D eigenvalue weighted by Gasteiger charge is 2.55. The van der Waals surface area contributed by atoms with Gasteiger partial charge in [0.05, 0.1) is 99.8 Å². The van der Waals surface area contributed by atoms with Crippen LogP contribution < -0.4 is 47.4 Å². The van der Waals surface area contributed by atoms with Crippen molar-refractivity contribution >= 4 is 114 Å². The van der Waals surface area contributed by atoms with Gasteiger partial charge in [-0.25, -0.2) is 0 Å². The fourth-order valence-corrected chi connectivity index (χ4v) is 18.9. The second kappa shape index (κ2) is 33.9. The molecular weight excluding hydrogens is 1850 g/mol. The van der Waals surface area contributed by atoms with Crippen LogP contribution in [0.15, 0.2) is 212 Å². The number of amides is 10. The first-order valence-electron chi connectivity index (χ1n) is 65.7. The van der Waals surface area contributed by atoms with Gasteiger partial charge in [-0.05, 0) is 146 Å². The Morgan fingerprint density at radius 2 is 0.524 bits per heavy atom. The number of rotatable bonds is 5. The number of benzene rings is 10. The van der Waals surface area contributed by atoms with Gasteiger partial charge >= 0.3 is 0 Å². The van der Waals surface area contributed by atoms with Crippen molar-refractivity contribution in [1.82, 2.24) is 73.9 Å². The Bertz CT molecular complexity index is 10700. The first-order chi connectivity index (χ1) is 87.3. The number of likely N-dealkylation sites (N-methyl/N-ethyl adjacent to an activating group) is 5. The topological polar surface area (TPSA) is 374 Å². The summed E-state index contributed by atoms with van der Waals surface area (Å²) in [7, 11) is 6.21. The third kappa shape index (κ3) is 14.2. The lowest BCUT2D eigenvalue weighted by Gasteiger charge is -2.46. The van der Waals surface area contributed by atoms with Gasteiger partial charge in [0, 0.05) is 164 Å². The molecule has 0 radical (unpaired) electrons. The van der Waals surface area contributed by atoms with Gasteiger partial charge in [-0.2, -0.15) is 0 Å². The fraction of sp³-hybridized carbons (Fsp3) is 0.273. The van der Waals surface area contributed by atoms with Crippen LogP contribution in [0.3, 0.4) is 0 Å². The Morgan fingerprint density at radius 1 is 0.269 bits per heavy atom. The average Bonchev–Trinajstić information content (AvgIpc) is 1.43. The van der Waals surface area contributed by atoms with E-state index in [0.717, 1.165) is 24.5 Å². The van der Waals surface area contributed by atoms with Gasteiger partial charge in [0.1, 0.15) is 38.3 Å². The molecule has 5 aromatic heterocycles. The first-order valence-corrected chi connectivity index (χ1v) is 44.2. The summed E-state index contributed by atoms with van der Waals surface area (Å²) < 4.78 is 427. The molecule has 30 rings (SSSR count). The third-order valence-electron chi connectivity index (χ3n) is 25.6. The summed E-state index contributed by atoms with van der Waals surface area (Å²) in [4.78, 5) is 156. The van der Waals surface area contributed by atoms with Crippen LogP contribution in [0.4, 0.5) is 0 Å². The normalized spacial score (nSPS) is 34.9. The van der Waals surface area contributed by atoms with Crippen LogP contribution in [-0.2, 0) is 79.8 Å². The van der Waals surface area contributed by atoms with E-state index in [1.807, 2.05) is 0 Å². The number of hydrogen-bond donors (Lipinski definition) is 5. The van der Waals surface area contributed by atoms with Crippen molar-refractivity contribution in [2.75, 3.05) is 102 Å². The van der Waals surface area contributed by atoms with E-state index in [4.69, 9.17) is 92.6 Å². The molecule has 5 saturated heterocycles. The molecule has 10 atom stereocenters. The van der Waals surface area contributed by atoms with Crippen LogP contribution in [0, 0.1) is 0 Å². The Morgan fingerprint density at radius 3 is 0.855 bits per heavy atom. The van der Waals surface area contributed by atoms with Crippen LogP contribution in [0.5, 0.6) is 57.5 Å². The number of aromatic amines is 5. The van der Waals surface area contributed by atoms with Crippen molar-refractivity contribution < 1.29 is 154 Å². The minimum absolute atomic E-state index is 0.000784. The lowest BCUT2D eigenvalue weighted by Crippen LogP contribution is -2.62. The first kappa shape index (κ1) is 53.5. The minimum Gasteiger partial charge on any atom is -0.454 e. The number of fused-ring (bicyclic) bond motifs is 25. The number of para-hydroxylation sites is 5. The molecule has 20 heterocycles. The molecule has 0 spiro atoms. The maximum absolute atomic E-state index is 13.6. The van der Waals surface area contributed by atoms with Crippen LogP contribution in [0.25, 0.3) is 54.5 Å². The summed E-state index contributed by atoms with van der Waals surface area (Å²) in [5.41, 5.74) is -4.61. The van der Waals surface area contributed by atoms with Crippen molar-refractivity contribution in [3.8, 4) is 57.5 Å². The molecule has 15 aromatic rings. The van der Waals surface area contributed by atoms with Crippen molar-refractivity contribution in [3.63, 3.8) is 0 Å². The molecule has 35 heteroatoms. The summed E-state index contributed by atoms with van der Waals surface area (Å²) in [6, 6.07) is -12.2. The number of nitrogens with one attached hydrogen (secondary N) is 5. The molecule has 10 amide bonds. The number of ether oxygens (including phenoxy) is 10. The predicted molar refractivity (Wildman–Crippen MR) is 523 cm³/mol. The summed E-state index contributed by atoms with van der Waals surface area (Å²) in [6.07, 6.45) is -14.6. The van der Waals surface area contributed by atoms with Crippen LogP contribution in [0.2, 0.25) is 0 Å². The van der Waals surface area contributed by atoms with Crippen LogP contribution in [-0.4, -0.2) is 265 Å². The molecule has 0 saturated carbocycles. The molecule has 0 bridgehead atoms. The van der Waals surface area contributed by atoms with Crippen LogP contribution in [0.1, 0.15) is 173 Å². The Labute approximate surface area is 887 Å². The highest BCUT2D eigenvalue weighted by molar-refractivity contribution is 6.03. The minimum atomic E-state index is -3.23. The van der Waals surface area contributed by atoms with Gasteiger partial charge < -0.3 is 121 Å².